The van der Waals surface area contributed by atoms with Gasteiger partial charge in [0.25, 0.3) is 0 Å². The van der Waals surface area contributed by atoms with Crippen molar-refractivity contribution >= 4 is 21.7 Å². The number of carbonyl (C=O) groups excluding carboxylic acids is 2. The smallest absolute Gasteiger partial charge is 0.246 e. The summed E-state index contributed by atoms with van der Waals surface area (Å²) in [6.45, 7) is 3.35. The molecule has 0 radical (unpaired) electrons. The van der Waals surface area contributed by atoms with Gasteiger partial charge < -0.3 is 10.2 Å². The second-order valence-electron chi connectivity index (χ2n) is 5.66. The molecule has 1 saturated carbocycles. The highest BCUT2D eigenvalue weighted by atomic mass is 32.2. The van der Waals surface area contributed by atoms with E-state index in [2.05, 4.69) is 5.32 Å². The predicted octanol–water partition coefficient (Wildman–Crippen LogP) is 0.0808. The van der Waals surface area contributed by atoms with Crippen molar-refractivity contribution in [3.8, 4) is 0 Å². The molecule has 2 amide bonds. The quantitative estimate of drug-likeness (QED) is 0.797. The molecule has 1 unspecified atom stereocenters. The first-order valence-electron chi connectivity index (χ1n) is 7.15. The number of hydrogen-bond acceptors (Lipinski definition) is 4. The van der Waals surface area contributed by atoms with E-state index < -0.39 is 21.4 Å². The van der Waals surface area contributed by atoms with Crippen molar-refractivity contribution in [2.45, 2.75) is 51.1 Å². The van der Waals surface area contributed by atoms with E-state index in [1.807, 2.05) is 0 Å². The fraction of sp³-hybridized carbons (Fsp3) is 0.846. The van der Waals surface area contributed by atoms with E-state index >= 15 is 0 Å². The number of amides is 2. The molecule has 1 aliphatic heterocycles. The maximum absolute atomic E-state index is 12.4. The van der Waals surface area contributed by atoms with Crippen LogP contribution in [0.15, 0.2) is 0 Å². The van der Waals surface area contributed by atoms with Crippen LogP contribution in [0.3, 0.4) is 0 Å². The summed E-state index contributed by atoms with van der Waals surface area (Å²) < 4.78 is 23.4. The summed E-state index contributed by atoms with van der Waals surface area (Å²) in [6, 6.07) is -0.571. The Balaban J connectivity index is 2.24. The maximum atomic E-state index is 12.4. The lowest BCUT2D eigenvalue weighted by molar-refractivity contribution is -0.156. The molecule has 0 bridgehead atoms. The minimum atomic E-state index is -3.15. The predicted molar refractivity (Wildman–Crippen MR) is 74.8 cm³/mol. The summed E-state index contributed by atoms with van der Waals surface area (Å²) in [6.07, 6.45) is 3.05. The molecule has 1 atom stereocenters. The van der Waals surface area contributed by atoms with E-state index in [-0.39, 0.29) is 29.9 Å². The average molecular weight is 302 g/mol. The summed E-state index contributed by atoms with van der Waals surface area (Å²) >= 11 is 0. The summed E-state index contributed by atoms with van der Waals surface area (Å²) in [5.41, 5.74) is -0.813. The van der Waals surface area contributed by atoms with E-state index in [4.69, 9.17) is 0 Å². The van der Waals surface area contributed by atoms with Crippen LogP contribution in [0.5, 0.6) is 0 Å². The molecule has 2 aliphatic rings. The van der Waals surface area contributed by atoms with Crippen LogP contribution < -0.4 is 5.32 Å². The fourth-order valence-electron chi connectivity index (χ4n) is 3.12. The fourth-order valence-corrected chi connectivity index (χ4v) is 3.87. The van der Waals surface area contributed by atoms with Gasteiger partial charge in [0.15, 0.2) is 9.84 Å². The number of sulfone groups is 1. The minimum Gasteiger partial charge on any atom is -0.343 e. The number of carbonyl (C=O) groups is 2. The molecule has 1 spiro atoms. The third-order valence-corrected chi connectivity index (χ3v) is 6.10. The van der Waals surface area contributed by atoms with Gasteiger partial charge >= 0.3 is 0 Å². The largest absolute Gasteiger partial charge is 0.343 e. The molecular formula is C13H22N2O4S. The molecule has 0 aromatic heterocycles. The number of nitrogens with one attached hydrogen (secondary N) is 1. The zero-order valence-electron chi connectivity index (χ0n) is 12.0. The van der Waals surface area contributed by atoms with Crippen LogP contribution in [0, 0.1) is 0 Å². The molecule has 7 heteroatoms. The van der Waals surface area contributed by atoms with E-state index in [9.17, 15) is 18.0 Å². The highest BCUT2D eigenvalue weighted by Gasteiger charge is 2.52. The van der Waals surface area contributed by atoms with Gasteiger partial charge in [0.1, 0.15) is 11.6 Å². The molecule has 0 aromatic carbocycles. The highest BCUT2D eigenvalue weighted by Crippen LogP contribution is 2.38. The molecule has 20 heavy (non-hydrogen) atoms. The Bertz CT molecular complexity index is 508. The van der Waals surface area contributed by atoms with Crippen LogP contribution in [0.2, 0.25) is 0 Å². The van der Waals surface area contributed by atoms with Crippen LogP contribution in [0.4, 0.5) is 0 Å². The zero-order chi connectivity index (χ0) is 15.0. The second kappa shape index (κ2) is 5.35. The first-order chi connectivity index (χ1) is 9.32. The van der Waals surface area contributed by atoms with Crippen molar-refractivity contribution in [1.29, 1.82) is 0 Å². The van der Waals surface area contributed by atoms with Crippen LogP contribution in [-0.2, 0) is 19.4 Å². The van der Waals surface area contributed by atoms with E-state index in [1.165, 1.54) is 4.90 Å². The molecule has 1 saturated heterocycles. The Kier molecular flexibility index (Phi) is 4.09. The van der Waals surface area contributed by atoms with Crippen molar-refractivity contribution in [3.63, 3.8) is 0 Å². The Hall–Kier alpha value is -1.11. The van der Waals surface area contributed by atoms with Crippen molar-refractivity contribution in [3.05, 3.63) is 0 Å². The van der Waals surface area contributed by atoms with Crippen molar-refractivity contribution in [2.75, 3.05) is 18.1 Å². The molecule has 6 nitrogen and oxygen atoms in total. The maximum Gasteiger partial charge on any atom is 0.246 e. The van der Waals surface area contributed by atoms with Gasteiger partial charge in [-0.05, 0) is 19.8 Å². The minimum absolute atomic E-state index is 0.0593. The zero-order valence-corrected chi connectivity index (χ0v) is 12.8. The van der Waals surface area contributed by atoms with Gasteiger partial charge in [-0.25, -0.2) is 8.42 Å². The Labute approximate surface area is 119 Å². The Morgan fingerprint density at radius 2 is 1.90 bits per heavy atom. The Morgan fingerprint density at radius 1 is 1.30 bits per heavy atom. The summed E-state index contributed by atoms with van der Waals surface area (Å²) in [4.78, 5) is 26.2. The molecule has 2 fully saturated rings. The first-order valence-corrected chi connectivity index (χ1v) is 8.97. The van der Waals surface area contributed by atoms with E-state index in [0.29, 0.717) is 12.8 Å². The summed E-state index contributed by atoms with van der Waals surface area (Å²) in [7, 11) is -3.15. The first kappa shape index (κ1) is 15.3. The normalized spacial score (nSPS) is 26.1. The molecule has 1 N–H and O–H groups in total. The van der Waals surface area contributed by atoms with Gasteiger partial charge in [-0.1, -0.05) is 19.8 Å². The number of piperazine rings is 1. The van der Waals surface area contributed by atoms with Crippen molar-refractivity contribution in [2.24, 2.45) is 0 Å². The highest BCUT2D eigenvalue weighted by molar-refractivity contribution is 7.91. The lowest BCUT2D eigenvalue weighted by atomic mass is 9.90. The van der Waals surface area contributed by atoms with Crippen molar-refractivity contribution in [1.82, 2.24) is 10.2 Å². The van der Waals surface area contributed by atoms with E-state index in [1.54, 1.807) is 13.8 Å². The molecule has 1 aliphatic carbocycles. The second-order valence-corrected chi connectivity index (χ2v) is 8.13. The van der Waals surface area contributed by atoms with Gasteiger partial charge in [0.2, 0.25) is 11.8 Å². The number of nitrogens with zero attached hydrogens (tertiary/aromatic N) is 1. The number of hydrogen-bond donors (Lipinski definition) is 1. The van der Waals surface area contributed by atoms with Crippen LogP contribution in [-0.4, -0.2) is 54.8 Å². The SMILES string of the molecule is CCS(=O)(=O)CCN1C(=O)C(C)NC(=O)C12CCCC2. The lowest BCUT2D eigenvalue weighted by Crippen LogP contribution is -2.69. The standard InChI is InChI=1S/C13H22N2O4S/c1-3-20(18,19)9-8-15-11(16)10(2)14-12(17)13(15)6-4-5-7-13/h10H,3-9H2,1-2H3,(H,14,17). The third kappa shape index (κ3) is 2.55. The van der Waals surface area contributed by atoms with Gasteiger partial charge in [0.05, 0.1) is 5.75 Å². The molecular weight excluding hydrogens is 280 g/mol. The summed E-state index contributed by atoms with van der Waals surface area (Å²) in [5.74, 6) is -0.311. The third-order valence-electron chi connectivity index (χ3n) is 4.42. The van der Waals surface area contributed by atoms with Gasteiger partial charge in [0, 0.05) is 12.3 Å². The Morgan fingerprint density at radius 3 is 2.45 bits per heavy atom. The van der Waals surface area contributed by atoms with Gasteiger partial charge in [-0.15, -0.1) is 0 Å². The summed E-state index contributed by atoms with van der Waals surface area (Å²) in [5, 5.41) is 2.72. The lowest BCUT2D eigenvalue weighted by Gasteiger charge is -2.45. The van der Waals surface area contributed by atoms with Gasteiger partial charge in [-0.2, -0.15) is 0 Å². The van der Waals surface area contributed by atoms with Crippen LogP contribution >= 0.6 is 0 Å². The molecule has 1 heterocycles. The van der Waals surface area contributed by atoms with Crippen LogP contribution in [0.25, 0.3) is 0 Å². The van der Waals surface area contributed by atoms with Crippen LogP contribution in [0.1, 0.15) is 39.5 Å². The monoisotopic (exact) mass is 302 g/mol. The topological polar surface area (TPSA) is 83.6 Å². The van der Waals surface area contributed by atoms with Gasteiger partial charge in [-0.3, -0.25) is 9.59 Å². The number of rotatable bonds is 4. The van der Waals surface area contributed by atoms with E-state index in [0.717, 1.165) is 12.8 Å². The molecule has 0 aromatic rings. The molecule has 114 valence electrons. The average Bonchev–Trinajstić information content (AvgIpc) is 2.87. The molecule has 2 rings (SSSR count). The van der Waals surface area contributed by atoms with Crippen molar-refractivity contribution < 1.29 is 18.0 Å².